The molecule has 1 aliphatic carbocycles. The van der Waals surface area contributed by atoms with E-state index in [4.69, 9.17) is 4.74 Å². The Balaban J connectivity index is 1.61. The van der Waals surface area contributed by atoms with Crippen molar-refractivity contribution in [2.24, 2.45) is 0 Å². The fourth-order valence-corrected chi connectivity index (χ4v) is 3.86. The first-order valence-electron chi connectivity index (χ1n) is 8.38. The van der Waals surface area contributed by atoms with Gasteiger partial charge in [-0.3, -0.25) is 9.78 Å². The smallest absolute Gasteiger partial charge is 0.251 e. The summed E-state index contributed by atoms with van der Waals surface area (Å²) in [6, 6.07) is 5.90. The Morgan fingerprint density at radius 3 is 2.96 bits per heavy atom. The molecule has 1 atom stereocenters. The fraction of sp³-hybridized carbons (Fsp3) is 0.368. The average molecular weight is 322 g/mol. The second-order valence-electron chi connectivity index (χ2n) is 6.89. The molecule has 3 heterocycles. The van der Waals surface area contributed by atoms with Gasteiger partial charge in [-0.25, -0.2) is 0 Å². The minimum atomic E-state index is -0.600. The van der Waals surface area contributed by atoms with Gasteiger partial charge in [0, 0.05) is 35.6 Å². The molecule has 1 aromatic carbocycles. The van der Waals surface area contributed by atoms with Crippen molar-refractivity contribution in [1.82, 2.24) is 10.3 Å². The van der Waals surface area contributed by atoms with Crippen molar-refractivity contribution in [3.63, 3.8) is 0 Å². The molecule has 2 aliphatic heterocycles. The molecule has 24 heavy (non-hydrogen) atoms. The van der Waals surface area contributed by atoms with Gasteiger partial charge in [-0.1, -0.05) is 12.1 Å². The number of ether oxygens (including phenoxy) is 1. The number of hydrogen-bond donors (Lipinski definition) is 2. The summed E-state index contributed by atoms with van der Waals surface area (Å²) >= 11 is 0. The molecular formula is C19H18N2O3. The second kappa shape index (κ2) is 4.88. The Hall–Kier alpha value is -2.24. The molecule has 1 aromatic heterocycles. The third-order valence-electron chi connectivity index (χ3n) is 5.47. The number of aliphatic hydroxyl groups is 1. The molecule has 5 rings (SSSR count). The molecule has 2 aromatic rings. The minimum absolute atomic E-state index is 0.00885. The van der Waals surface area contributed by atoms with Crippen LogP contribution in [-0.2, 0) is 17.8 Å². The van der Waals surface area contributed by atoms with Crippen LogP contribution < -0.4 is 5.32 Å². The van der Waals surface area contributed by atoms with Crippen molar-refractivity contribution < 1.29 is 14.6 Å². The molecule has 3 aliphatic rings. The van der Waals surface area contributed by atoms with Crippen LogP contribution in [0.1, 0.15) is 46.0 Å². The van der Waals surface area contributed by atoms with Crippen molar-refractivity contribution in [3.8, 4) is 11.1 Å². The normalized spacial score (nSPS) is 23.4. The van der Waals surface area contributed by atoms with E-state index in [2.05, 4.69) is 16.4 Å². The number of pyridine rings is 1. The highest BCUT2D eigenvalue weighted by Crippen LogP contribution is 2.53. The maximum Gasteiger partial charge on any atom is 0.251 e. The highest BCUT2D eigenvalue weighted by Gasteiger charge is 2.54. The summed E-state index contributed by atoms with van der Waals surface area (Å²) < 4.78 is 5.97. The topological polar surface area (TPSA) is 71.5 Å². The Labute approximate surface area is 139 Å². The summed E-state index contributed by atoms with van der Waals surface area (Å²) in [7, 11) is 0. The SMILES string of the molecule is O=C1NCCc2cc(-c3cncc4c3COC3(CC3)C4O)ccc21. The van der Waals surface area contributed by atoms with Crippen LogP contribution in [0.4, 0.5) is 0 Å². The van der Waals surface area contributed by atoms with E-state index in [-0.39, 0.29) is 11.5 Å². The molecule has 1 spiro atoms. The maximum absolute atomic E-state index is 11.9. The largest absolute Gasteiger partial charge is 0.385 e. The van der Waals surface area contributed by atoms with Gasteiger partial charge in [-0.15, -0.1) is 0 Å². The van der Waals surface area contributed by atoms with E-state index in [1.54, 1.807) is 6.20 Å². The predicted octanol–water partition coefficient (Wildman–Crippen LogP) is 2.13. The zero-order valence-corrected chi connectivity index (χ0v) is 13.2. The van der Waals surface area contributed by atoms with E-state index in [0.29, 0.717) is 13.2 Å². The highest BCUT2D eigenvalue weighted by molar-refractivity contribution is 5.97. The van der Waals surface area contributed by atoms with Crippen LogP contribution in [0, 0.1) is 0 Å². The zero-order chi connectivity index (χ0) is 16.3. The van der Waals surface area contributed by atoms with Crippen LogP contribution in [0.25, 0.3) is 11.1 Å². The van der Waals surface area contributed by atoms with Crippen LogP contribution in [0.5, 0.6) is 0 Å². The Kier molecular flexibility index (Phi) is 2.87. The lowest BCUT2D eigenvalue weighted by molar-refractivity contribution is -0.0827. The highest BCUT2D eigenvalue weighted by atomic mass is 16.5. The molecule has 122 valence electrons. The molecule has 2 N–H and O–H groups in total. The molecule has 0 bridgehead atoms. The lowest BCUT2D eigenvalue weighted by atomic mass is 9.89. The van der Waals surface area contributed by atoms with Gasteiger partial charge >= 0.3 is 0 Å². The van der Waals surface area contributed by atoms with E-state index < -0.39 is 6.10 Å². The number of rotatable bonds is 1. The van der Waals surface area contributed by atoms with E-state index in [0.717, 1.165) is 52.6 Å². The Morgan fingerprint density at radius 1 is 1.25 bits per heavy atom. The molecule has 1 fully saturated rings. The number of carbonyl (C=O) groups is 1. The number of amides is 1. The fourth-order valence-electron chi connectivity index (χ4n) is 3.86. The second-order valence-corrected chi connectivity index (χ2v) is 6.89. The molecule has 5 heteroatoms. The van der Waals surface area contributed by atoms with Gasteiger partial charge in [0.05, 0.1) is 12.2 Å². The number of nitrogens with one attached hydrogen (secondary N) is 1. The van der Waals surface area contributed by atoms with Crippen LogP contribution >= 0.6 is 0 Å². The number of fused-ring (bicyclic) bond motifs is 2. The average Bonchev–Trinajstić information content (AvgIpc) is 3.39. The summed E-state index contributed by atoms with van der Waals surface area (Å²) in [6.45, 7) is 1.17. The monoisotopic (exact) mass is 322 g/mol. The molecule has 5 nitrogen and oxygen atoms in total. The van der Waals surface area contributed by atoms with Crippen molar-refractivity contribution in [2.45, 2.75) is 37.6 Å². The number of aliphatic hydroxyl groups excluding tert-OH is 1. The predicted molar refractivity (Wildman–Crippen MR) is 87.4 cm³/mol. The van der Waals surface area contributed by atoms with Crippen LogP contribution in [0.15, 0.2) is 30.6 Å². The molecule has 1 unspecified atom stereocenters. The number of carbonyl (C=O) groups excluding carboxylic acids is 1. The maximum atomic E-state index is 11.9. The van der Waals surface area contributed by atoms with Crippen LogP contribution in [0.3, 0.4) is 0 Å². The number of hydrogen-bond acceptors (Lipinski definition) is 4. The van der Waals surface area contributed by atoms with Crippen LogP contribution in [0.2, 0.25) is 0 Å². The summed E-state index contributed by atoms with van der Waals surface area (Å²) in [4.78, 5) is 16.3. The van der Waals surface area contributed by atoms with Crippen molar-refractivity contribution in [3.05, 3.63) is 52.8 Å². The third-order valence-corrected chi connectivity index (χ3v) is 5.47. The van der Waals surface area contributed by atoms with E-state index in [1.165, 1.54) is 0 Å². The first kappa shape index (κ1) is 14.1. The molecule has 1 saturated carbocycles. The van der Waals surface area contributed by atoms with Gasteiger partial charge in [0.25, 0.3) is 5.91 Å². The van der Waals surface area contributed by atoms with Crippen molar-refractivity contribution >= 4 is 5.91 Å². The standard InChI is InChI=1S/C19H18N2O3/c22-17-15-9-20-8-14(16(15)10-24-19(17)4-5-19)11-1-2-13-12(7-11)3-6-21-18(13)23/h1-2,7-9,17,22H,3-6,10H2,(H,21,23). The molecule has 1 amide bonds. The van der Waals surface area contributed by atoms with Crippen molar-refractivity contribution in [1.29, 1.82) is 0 Å². The molecule has 0 saturated heterocycles. The lowest BCUT2D eigenvalue weighted by Gasteiger charge is -2.31. The molecular weight excluding hydrogens is 304 g/mol. The molecule has 0 radical (unpaired) electrons. The number of nitrogens with zero attached hydrogens (tertiary/aromatic N) is 1. The van der Waals surface area contributed by atoms with Gasteiger partial charge in [0.1, 0.15) is 6.10 Å². The quantitative estimate of drug-likeness (QED) is 0.844. The Bertz CT molecular complexity index is 858. The Morgan fingerprint density at radius 2 is 2.12 bits per heavy atom. The first-order valence-corrected chi connectivity index (χ1v) is 8.38. The van der Waals surface area contributed by atoms with Gasteiger partial charge < -0.3 is 15.2 Å². The summed E-state index contributed by atoms with van der Waals surface area (Å²) in [5, 5.41) is 13.5. The van der Waals surface area contributed by atoms with E-state index >= 15 is 0 Å². The summed E-state index contributed by atoms with van der Waals surface area (Å²) in [6.07, 6.45) is 5.64. The van der Waals surface area contributed by atoms with Gasteiger partial charge in [0.15, 0.2) is 0 Å². The van der Waals surface area contributed by atoms with E-state index in [1.807, 2.05) is 18.3 Å². The van der Waals surface area contributed by atoms with Crippen molar-refractivity contribution in [2.75, 3.05) is 6.54 Å². The third kappa shape index (κ3) is 1.95. The number of aromatic nitrogens is 1. The van der Waals surface area contributed by atoms with Gasteiger partial charge in [0.2, 0.25) is 0 Å². The minimum Gasteiger partial charge on any atom is -0.385 e. The van der Waals surface area contributed by atoms with Crippen LogP contribution in [-0.4, -0.2) is 28.1 Å². The lowest BCUT2D eigenvalue weighted by Crippen LogP contribution is -2.31. The number of benzene rings is 1. The zero-order valence-electron chi connectivity index (χ0n) is 13.2. The van der Waals surface area contributed by atoms with Gasteiger partial charge in [-0.05, 0) is 42.0 Å². The van der Waals surface area contributed by atoms with Gasteiger partial charge in [-0.2, -0.15) is 0 Å². The summed E-state index contributed by atoms with van der Waals surface area (Å²) in [5.74, 6) is -0.00885. The van der Waals surface area contributed by atoms with E-state index in [9.17, 15) is 9.90 Å². The first-order chi connectivity index (χ1) is 11.7. The summed E-state index contributed by atoms with van der Waals surface area (Å²) in [5.41, 5.74) is 5.33.